The van der Waals surface area contributed by atoms with Gasteiger partial charge in [0.25, 0.3) is 11.1 Å². The van der Waals surface area contributed by atoms with Crippen LogP contribution in [0.3, 0.4) is 0 Å². The van der Waals surface area contributed by atoms with Gasteiger partial charge in [-0.25, -0.2) is 0 Å². The molecule has 128 valence electrons. The molecule has 6 heteroatoms. The first-order chi connectivity index (χ1) is 12.7. The van der Waals surface area contributed by atoms with E-state index in [2.05, 4.69) is 15.2 Å². The molecule has 4 rings (SSSR count). The molecule has 1 aromatic heterocycles. The number of methoxy groups -OCH3 is 1. The van der Waals surface area contributed by atoms with Crippen molar-refractivity contribution in [3.8, 4) is 5.75 Å². The Labute approximate surface area is 147 Å². The number of ether oxygens (including phenoxy) is 1. The maximum absolute atomic E-state index is 12.1. The lowest BCUT2D eigenvalue weighted by atomic mass is 10.0. The highest BCUT2D eigenvalue weighted by molar-refractivity contribution is 6.04. The fourth-order valence-corrected chi connectivity index (χ4v) is 3.04. The Hall–Kier alpha value is -3.67. The first kappa shape index (κ1) is 15.8. The average molecular weight is 345 g/mol. The Morgan fingerprint density at radius 3 is 2.38 bits per heavy atom. The Morgan fingerprint density at radius 1 is 0.846 bits per heavy atom. The summed E-state index contributed by atoms with van der Waals surface area (Å²) in [5.41, 5.74) is 0.591. The molecule has 6 nitrogen and oxygen atoms in total. The van der Waals surface area contributed by atoms with Gasteiger partial charge in [-0.1, -0.05) is 30.3 Å². The van der Waals surface area contributed by atoms with Crippen LogP contribution >= 0.6 is 0 Å². The molecule has 0 aliphatic heterocycles. The lowest BCUT2D eigenvalue weighted by Gasteiger charge is -2.07. The number of benzene rings is 3. The Morgan fingerprint density at radius 2 is 1.58 bits per heavy atom. The van der Waals surface area contributed by atoms with Crippen molar-refractivity contribution < 1.29 is 4.74 Å². The van der Waals surface area contributed by atoms with Crippen molar-refractivity contribution in [1.29, 1.82) is 0 Å². The molecule has 0 bridgehead atoms. The first-order valence-corrected chi connectivity index (χ1v) is 8.02. The van der Waals surface area contributed by atoms with Gasteiger partial charge in [-0.3, -0.25) is 24.8 Å². The zero-order valence-electron chi connectivity index (χ0n) is 13.9. The second-order valence-electron chi connectivity index (χ2n) is 5.77. The van der Waals surface area contributed by atoms with Gasteiger partial charge in [0.2, 0.25) is 0 Å². The molecule has 4 aromatic rings. The Kier molecular flexibility index (Phi) is 3.85. The summed E-state index contributed by atoms with van der Waals surface area (Å²) in [5.74, 6) is 0.783. The van der Waals surface area contributed by atoms with E-state index < -0.39 is 0 Å². The summed E-state index contributed by atoms with van der Waals surface area (Å²) in [7, 11) is 1.63. The van der Waals surface area contributed by atoms with Crippen molar-refractivity contribution in [1.82, 2.24) is 10.2 Å². The number of nitrogens with one attached hydrogen (secondary N) is 2. The van der Waals surface area contributed by atoms with E-state index in [0.29, 0.717) is 11.1 Å². The number of fused-ring (bicyclic) bond motifs is 2. The molecular formula is C20H15N3O3. The minimum absolute atomic E-state index is 0.269. The molecular weight excluding hydrogens is 330 g/mol. The predicted molar refractivity (Wildman–Crippen MR) is 103 cm³/mol. The quantitative estimate of drug-likeness (QED) is 0.559. The van der Waals surface area contributed by atoms with Crippen LogP contribution in [0.5, 0.6) is 5.75 Å². The Bertz CT molecular complexity index is 1270. The summed E-state index contributed by atoms with van der Waals surface area (Å²) < 4.78 is 5.40. The number of aliphatic imine (C=N–C) groups is 1. The molecule has 0 amide bonds. The summed E-state index contributed by atoms with van der Waals surface area (Å²) in [5, 5.41) is 7.21. The van der Waals surface area contributed by atoms with E-state index in [0.717, 1.165) is 22.1 Å². The minimum Gasteiger partial charge on any atom is -0.496 e. The SMILES string of the molecule is COc1ccc(C=Nc2cccc3c(=O)[nH][nH]c(=O)c23)c2ccccc12. The number of aromatic nitrogens is 2. The normalized spacial score (nSPS) is 11.4. The maximum atomic E-state index is 12.1. The van der Waals surface area contributed by atoms with E-state index in [1.807, 2.05) is 36.4 Å². The van der Waals surface area contributed by atoms with E-state index >= 15 is 0 Å². The topological polar surface area (TPSA) is 87.3 Å². The van der Waals surface area contributed by atoms with Gasteiger partial charge in [0.05, 0.1) is 23.6 Å². The van der Waals surface area contributed by atoms with Crippen molar-refractivity contribution >= 4 is 33.4 Å². The minimum atomic E-state index is -0.382. The van der Waals surface area contributed by atoms with Gasteiger partial charge >= 0.3 is 0 Å². The molecule has 0 aliphatic rings. The third-order valence-corrected chi connectivity index (χ3v) is 4.28. The van der Waals surface area contributed by atoms with E-state index in [1.165, 1.54) is 0 Å². The van der Waals surface area contributed by atoms with Crippen LogP contribution in [0.2, 0.25) is 0 Å². The van der Waals surface area contributed by atoms with E-state index in [-0.39, 0.29) is 16.5 Å². The summed E-state index contributed by atoms with van der Waals surface area (Å²) in [6.07, 6.45) is 1.69. The molecule has 1 heterocycles. The molecule has 0 fully saturated rings. The third kappa shape index (κ3) is 2.57. The van der Waals surface area contributed by atoms with Crippen LogP contribution in [0.25, 0.3) is 21.5 Å². The van der Waals surface area contributed by atoms with Gasteiger partial charge < -0.3 is 4.74 Å². The largest absolute Gasteiger partial charge is 0.496 e. The van der Waals surface area contributed by atoms with Crippen molar-refractivity contribution in [2.24, 2.45) is 4.99 Å². The predicted octanol–water partition coefficient (Wildman–Crippen LogP) is 3.13. The zero-order chi connectivity index (χ0) is 18.1. The molecule has 0 atom stereocenters. The van der Waals surface area contributed by atoms with Crippen LogP contribution in [-0.4, -0.2) is 23.5 Å². The van der Waals surface area contributed by atoms with Gasteiger partial charge in [0.15, 0.2) is 0 Å². The molecule has 3 aromatic carbocycles. The fraction of sp³-hybridized carbons (Fsp3) is 0.0500. The lowest BCUT2D eigenvalue weighted by Crippen LogP contribution is -2.18. The third-order valence-electron chi connectivity index (χ3n) is 4.28. The smallest absolute Gasteiger partial charge is 0.272 e. The van der Waals surface area contributed by atoms with Crippen LogP contribution in [-0.2, 0) is 0 Å². The van der Waals surface area contributed by atoms with Crippen molar-refractivity contribution in [2.45, 2.75) is 0 Å². The van der Waals surface area contributed by atoms with Crippen LogP contribution in [0.4, 0.5) is 5.69 Å². The summed E-state index contributed by atoms with van der Waals surface area (Å²) >= 11 is 0. The first-order valence-electron chi connectivity index (χ1n) is 8.02. The highest BCUT2D eigenvalue weighted by atomic mass is 16.5. The second kappa shape index (κ2) is 6.33. The van der Waals surface area contributed by atoms with Crippen molar-refractivity contribution in [2.75, 3.05) is 7.11 Å². The van der Waals surface area contributed by atoms with Gasteiger partial charge in [-0.05, 0) is 29.7 Å². The highest BCUT2D eigenvalue weighted by Gasteiger charge is 2.08. The fourth-order valence-electron chi connectivity index (χ4n) is 3.04. The van der Waals surface area contributed by atoms with E-state index in [4.69, 9.17) is 4.74 Å². The number of nitrogens with zero attached hydrogens (tertiary/aromatic N) is 1. The van der Waals surface area contributed by atoms with Crippen LogP contribution < -0.4 is 15.9 Å². The molecule has 26 heavy (non-hydrogen) atoms. The van der Waals surface area contributed by atoms with Crippen molar-refractivity contribution in [3.63, 3.8) is 0 Å². The molecule has 0 saturated carbocycles. The van der Waals surface area contributed by atoms with Crippen LogP contribution in [0, 0.1) is 0 Å². The van der Waals surface area contributed by atoms with Gasteiger partial charge in [0, 0.05) is 17.2 Å². The second-order valence-corrected chi connectivity index (χ2v) is 5.77. The standard InChI is InChI=1S/C20H15N3O3/c1-26-17-10-9-12(13-5-2-3-6-14(13)17)11-21-16-8-4-7-15-18(16)20(25)23-22-19(15)24/h2-11H,1H3,(H,22,24)(H,23,25). The molecule has 0 saturated heterocycles. The number of rotatable bonds is 3. The summed E-state index contributed by atoms with van der Waals surface area (Å²) in [6.45, 7) is 0. The van der Waals surface area contributed by atoms with E-state index in [1.54, 1.807) is 31.5 Å². The highest BCUT2D eigenvalue weighted by Crippen LogP contribution is 2.28. The van der Waals surface area contributed by atoms with Gasteiger partial charge in [-0.15, -0.1) is 0 Å². The molecule has 0 spiro atoms. The van der Waals surface area contributed by atoms with Gasteiger partial charge in [0.1, 0.15) is 5.75 Å². The molecule has 0 aliphatic carbocycles. The zero-order valence-corrected chi connectivity index (χ0v) is 13.9. The van der Waals surface area contributed by atoms with Crippen LogP contribution in [0.1, 0.15) is 5.56 Å². The van der Waals surface area contributed by atoms with E-state index in [9.17, 15) is 9.59 Å². The summed E-state index contributed by atoms with van der Waals surface area (Å²) in [4.78, 5) is 28.5. The average Bonchev–Trinajstić information content (AvgIpc) is 2.69. The molecule has 0 unspecified atom stereocenters. The number of hydrogen-bond donors (Lipinski definition) is 2. The van der Waals surface area contributed by atoms with Crippen LogP contribution in [0.15, 0.2) is 69.2 Å². The Balaban J connectivity index is 1.90. The maximum Gasteiger partial charge on any atom is 0.272 e. The lowest BCUT2D eigenvalue weighted by molar-refractivity contribution is 0.420. The number of H-pyrrole nitrogens is 2. The number of aromatic amines is 2. The number of hydrogen-bond acceptors (Lipinski definition) is 4. The molecule has 2 N–H and O–H groups in total. The monoisotopic (exact) mass is 345 g/mol. The summed E-state index contributed by atoms with van der Waals surface area (Å²) in [6, 6.07) is 16.7. The van der Waals surface area contributed by atoms with Gasteiger partial charge in [-0.2, -0.15) is 0 Å². The molecule has 0 radical (unpaired) electrons. The van der Waals surface area contributed by atoms with Crippen molar-refractivity contribution in [3.05, 3.63) is 80.9 Å².